The number of benzene rings is 3. The number of nitro groups is 1. The Morgan fingerprint density at radius 2 is 1.61 bits per heavy atom. The van der Waals surface area contributed by atoms with Crippen molar-refractivity contribution in [3.8, 4) is 0 Å². The summed E-state index contributed by atoms with van der Waals surface area (Å²) in [6.07, 6.45) is 0. The highest BCUT2D eigenvalue weighted by Crippen LogP contribution is 2.43. The lowest BCUT2D eigenvalue weighted by atomic mass is 9.99. The van der Waals surface area contributed by atoms with Crippen molar-refractivity contribution in [3.63, 3.8) is 0 Å². The Hall–Kier alpha value is -3.45. The first kappa shape index (κ1) is 20.8. The van der Waals surface area contributed by atoms with E-state index in [2.05, 4.69) is 0 Å². The summed E-state index contributed by atoms with van der Waals surface area (Å²) in [5.41, 5.74) is 2.59. The van der Waals surface area contributed by atoms with Crippen LogP contribution in [0.1, 0.15) is 17.0 Å². The van der Waals surface area contributed by atoms with Crippen molar-refractivity contribution in [2.45, 2.75) is 10.8 Å². The fraction of sp³-hybridized carbons (Fsp3) is 0.167. The third kappa shape index (κ3) is 4.09. The molecule has 1 heterocycles. The predicted octanol–water partition coefficient (Wildman–Crippen LogP) is 4.95. The zero-order valence-electron chi connectivity index (χ0n) is 17.2. The Morgan fingerprint density at radius 3 is 2.26 bits per heavy atom. The first-order valence-corrected chi connectivity index (χ1v) is 11.0. The van der Waals surface area contributed by atoms with Gasteiger partial charge in [0.05, 0.1) is 43.7 Å². The maximum absolute atomic E-state index is 14.0. The molecule has 0 amide bonds. The second-order valence-electron chi connectivity index (χ2n) is 7.40. The van der Waals surface area contributed by atoms with E-state index in [1.54, 1.807) is 12.1 Å². The molecule has 1 aliphatic heterocycles. The smallest absolute Gasteiger partial charge is 0.269 e. The summed E-state index contributed by atoms with van der Waals surface area (Å²) in [4.78, 5) is 13.9. The first-order chi connectivity index (χ1) is 15.0. The zero-order chi connectivity index (χ0) is 22.0. The highest BCUT2D eigenvalue weighted by atomic mass is 32.2. The lowest BCUT2D eigenvalue weighted by molar-refractivity contribution is -0.384. The van der Waals surface area contributed by atoms with Gasteiger partial charge in [0.2, 0.25) is 0 Å². The van der Waals surface area contributed by atoms with E-state index in [9.17, 15) is 14.3 Å². The highest BCUT2D eigenvalue weighted by Gasteiger charge is 2.35. The van der Waals surface area contributed by atoms with Crippen LogP contribution in [0.2, 0.25) is 0 Å². The number of nitro benzene ring substituents is 1. The number of hydrogen-bond donors (Lipinski definition) is 0. The summed E-state index contributed by atoms with van der Waals surface area (Å²) >= 11 is 0. The molecule has 0 aromatic heterocycles. The maximum Gasteiger partial charge on any atom is 0.269 e. The van der Waals surface area contributed by atoms with Gasteiger partial charge in [-0.05, 0) is 17.7 Å². The summed E-state index contributed by atoms with van der Waals surface area (Å²) in [6, 6.07) is 23.6. The average Bonchev–Trinajstić information content (AvgIpc) is 3.24. The minimum Gasteiger partial charge on any atom is -0.491 e. The van der Waals surface area contributed by atoms with Gasteiger partial charge in [-0.3, -0.25) is 10.1 Å². The van der Waals surface area contributed by atoms with Crippen molar-refractivity contribution in [3.05, 3.63) is 105 Å². The molecule has 0 aliphatic carbocycles. The highest BCUT2D eigenvalue weighted by molar-refractivity contribution is 7.89. The van der Waals surface area contributed by atoms with E-state index in [1.165, 1.54) is 12.1 Å². The number of nitrogens with zero attached hydrogens (tertiary/aromatic N) is 2. The molecule has 0 spiro atoms. The van der Waals surface area contributed by atoms with Crippen molar-refractivity contribution >= 4 is 27.9 Å². The van der Waals surface area contributed by atoms with Crippen LogP contribution in [-0.4, -0.2) is 29.8 Å². The SMILES string of the molecule is CN(C)c1ccccc1S(=O)C1=C(c2ccccc2)OC[C@H]1c1ccc([N+](=O)[O-])cc1. The summed E-state index contributed by atoms with van der Waals surface area (Å²) in [7, 11) is 2.35. The second kappa shape index (κ2) is 8.73. The van der Waals surface area contributed by atoms with Gasteiger partial charge in [0.25, 0.3) is 5.69 Å². The van der Waals surface area contributed by atoms with Crippen LogP contribution in [0.3, 0.4) is 0 Å². The molecule has 0 radical (unpaired) electrons. The second-order valence-corrected chi connectivity index (χ2v) is 8.82. The van der Waals surface area contributed by atoms with Gasteiger partial charge in [-0.1, -0.05) is 54.6 Å². The summed E-state index contributed by atoms with van der Waals surface area (Å²) in [6.45, 7) is 0.327. The van der Waals surface area contributed by atoms with Crippen molar-refractivity contribution in [2.24, 2.45) is 0 Å². The van der Waals surface area contributed by atoms with Crippen LogP contribution in [0.4, 0.5) is 11.4 Å². The fourth-order valence-corrected chi connectivity index (χ4v) is 5.37. The van der Waals surface area contributed by atoms with E-state index in [-0.39, 0.29) is 11.6 Å². The molecule has 3 aromatic rings. The minimum absolute atomic E-state index is 0.0237. The van der Waals surface area contributed by atoms with Crippen LogP contribution in [-0.2, 0) is 15.5 Å². The molecule has 0 N–H and O–H groups in total. The number of anilines is 1. The van der Waals surface area contributed by atoms with E-state index in [0.717, 1.165) is 16.8 Å². The van der Waals surface area contributed by atoms with Gasteiger partial charge in [0, 0.05) is 31.8 Å². The Balaban J connectivity index is 1.85. The first-order valence-electron chi connectivity index (χ1n) is 9.82. The lowest BCUT2D eigenvalue weighted by Gasteiger charge is -2.19. The monoisotopic (exact) mass is 434 g/mol. The van der Waals surface area contributed by atoms with Crippen LogP contribution in [0.25, 0.3) is 5.76 Å². The van der Waals surface area contributed by atoms with Gasteiger partial charge in [-0.25, -0.2) is 4.21 Å². The van der Waals surface area contributed by atoms with Crippen LogP contribution in [0.15, 0.2) is 88.7 Å². The zero-order valence-corrected chi connectivity index (χ0v) is 18.0. The van der Waals surface area contributed by atoms with Crippen molar-refractivity contribution < 1.29 is 13.9 Å². The number of non-ortho nitro benzene ring substituents is 1. The van der Waals surface area contributed by atoms with E-state index < -0.39 is 15.7 Å². The normalized spacial score (nSPS) is 16.6. The van der Waals surface area contributed by atoms with Crippen molar-refractivity contribution in [1.82, 2.24) is 0 Å². The molecule has 7 heteroatoms. The molecule has 1 aliphatic rings. The number of rotatable bonds is 6. The summed E-state index contributed by atoms with van der Waals surface area (Å²) in [5, 5.41) is 11.0. The molecule has 31 heavy (non-hydrogen) atoms. The van der Waals surface area contributed by atoms with Gasteiger partial charge in [0.15, 0.2) is 0 Å². The molecule has 158 valence electrons. The Bertz CT molecular complexity index is 1160. The minimum atomic E-state index is -1.49. The van der Waals surface area contributed by atoms with Crippen molar-refractivity contribution in [2.75, 3.05) is 25.6 Å². The largest absolute Gasteiger partial charge is 0.491 e. The molecule has 3 aromatic carbocycles. The van der Waals surface area contributed by atoms with Gasteiger partial charge in [0.1, 0.15) is 5.76 Å². The van der Waals surface area contributed by atoms with Gasteiger partial charge in [-0.2, -0.15) is 0 Å². The average molecular weight is 435 g/mol. The van der Waals surface area contributed by atoms with Crippen LogP contribution in [0, 0.1) is 10.1 Å². The molecule has 0 bridgehead atoms. The molecule has 2 atom stereocenters. The topological polar surface area (TPSA) is 72.7 Å². The summed E-state index contributed by atoms with van der Waals surface area (Å²) < 4.78 is 20.0. The van der Waals surface area contributed by atoms with Crippen LogP contribution in [0.5, 0.6) is 0 Å². The predicted molar refractivity (Wildman–Crippen MR) is 122 cm³/mol. The fourth-order valence-electron chi connectivity index (χ4n) is 3.68. The van der Waals surface area contributed by atoms with E-state index >= 15 is 0 Å². The molecule has 6 nitrogen and oxygen atoms in total. The van der Waals surface area contributed by atoms with Gasteiger partial charge < -0.3 is 9.64 Å². The lowest BCUT2D eigenvalue weighted by Crippen LogP contribution is -2.14. The number of hydrogen-bond acceptors (Lipinski definition) is 5. The van der Waals surface area contributed by atoms with E-state index in [0.29, 0.717) is 22.2 Å². The number of ether oxygens (including phenoxy) is 1. The molecule has 4 rings (SSSR count). The molecular formula is C24H22N2O4S. The maximum atomic E-state index is 14.0. The molecule has 1 unspecified atom stereocenters. The Kier molecular flexibility index (Phi) is 5.86. The van der Waals surface area contributed by atoms with Crippen LogP contribution >= 0.6 is 0 Å². The van der Waals surface area contributed by atoms with Crippen LogP contribution < -0.4 is 4.90 Å². The number of para-hydroxylation sites is 1. The van der Waals surface area contributed by atoms with E-state index in [4.69, 9.17) is 4.74 Å². The van der Waals surface area contributed by atoms with Crippen molar-refractivity contribution in [1.29, 1.82) is 0 Å². The summed E-state index contributed by atoms with van der Waals surface area (Å²) in [5.74, 6) is 0.336. The molecule has 0 fully saturated rings. The quantitative estimate of drug-likeness (QED) is 0.405. The van der Waals surface area contributed by atoms with E-state index in [1.807, 2.05) is 73.6 Å². The molecule has 0 saturated heterocycles. The van der Waals surface area contributed by atoms with Gasteiger partial charge in [-0.15, -0.1) is 0 Å². The standard InChI is InChI=1S/C24H22N2O4S/c1-25(2)21-10-6-7-11-22(21)31(29)24-20(17-12-14-19(15-13-17)26(27)28)16-30-23(24)18-8-4-3-5-9-18/h3-15,20H,16H2,1-2H3/t20-,31?/m0/s1. The molecule has 0 saturated carbocycles. The third-order valence-corrected chi connectivity index (χ3v) is 6.84. The Labute approximate surface area is 183 Å². The Morgan fingerprint density at radius 1 is 0.968 bits per heavy atom. The van der Waals surface area contributed by atoms with Gasteiger partial charge >= 0.3 is 0 Å². The third-order valence-electron chi connectivity index (χ3n) is 5.22. The molecular weight excluding hydrogens is 412 g/mol.